The first-order valence-electron chi connectivity index (χ1n) is 4.45. The Morgan fingerprint density at radius 1 is 1.44 bits per heavy atom. The molecule has 0 radical (unpaired) electrons. The van der Waals surface area contributed by atoms with Crippen LogP contribution in [0.1, 0.15) is 5.56 Å². The molecule has 0 fully saturated rings. The van der Waals surface area contributed by atoms with Crippen molar-refractivity contribution in [2.75, 3.05) is 17.7 Å². The van der Waals surface area contributed by atoms with E-state index in [9.17, 15) is 8.78 Å². The van der Waals surface area contributed by atoms with Crippen LogP contribution in [0.2, 0.25) is 0 Å². The normalized spacial score (nSPS) is 11.9. The molecule has 0 saturated heterocycles. The van der Waals surface area contributed by atoms with E-state index in [0.29, 0.717) is 0 Å². The lowest BCUT2D eigenvalue weighted by Crippen LogP contribution is -2.20. The number of hydrogen-bond donors (Lipinski definition) is 2. The van der Waals surface area contributed by atoms with Gasteiger partial charge < -0.3 is 10.4 Å². The molecule has 1 atom stereocenters. The van der Waals surface area contributed by atoms with E-state index < -0.39 is 23.3 Å². The highest BCUT2D eigenvalue weighted by Gasteiger charge is 2.11. The van der Waals surface area contributed by atoms with Crippen LogP contribution in [-0.4, -0.2) is 23.6 Å². The molecule has 0 aliphatic carbocycles. The van der Waals surface area contributed by atoms with Crippen LogP contribution < -0.4 is 5.32 Å². The number of nitrogens with zero attached hydrogens (tertiary/aromatic N) is 1. The van der Waals surface area contributed by atoms with Gasteiger partial charge in [0.15, 0.2) is 0 Å². The lowest BCUT2D eigenvalue weighted by Gasteiger charge is -2.10. The standard InChI is InChI=1S/C10H9ClF2N2O/c11-3-7(16)5-15-6-1-9(12)8(4-14)10(13)2-6/h1-2,7,15-16H,3,5H2. The average molecular weight is 247 g/mol. The fraction of sp³-hybridized carbons (Fsp3) is 0.300. The zero-order valence-corrected chi connectivity index (χ0v) is 8.93. The van der Waals surface area contributed by atoms with Crippen molar-refractivity contribution in [3.8, 4) is 6.07 Å². The topological polar surface area (TPSA) is 56.0 Å². The van der Waals surface area contributed by atoms with Crippen molar-refractivity contribution in [1.29, 1.82) is 5.26 Å². The molecule has 0 aromatic heterocycles. The van der Waals surface area contributed by atoms with Crippen molar-refractivity contribution in [3.63, 3.8) is 0 Å². The molecule has 16 heavy (non-hydrogen) atoms. The maximum atomic E-state index is 13.1. The van der Waals surface area contributed by atoms with Gasteiger partial charge >= 0.3 is 0 Å². The Bertz CT molecular complexity index is 397. The second-order valence-corrected chi connectivity index (χ2v) is 3.42. The number of nitrogens with one attached hydrogen (secondary N) is 1. The number of anilines is 1. The van der Waals surface area contributed by atoms with E-state index in [1.165, 1.54) is 6.07 Å². The quantitative estimate of drug-likeness (QED) is 0.797. The van der Waals surface area contributed by atoms with Crippen LogP contribution in [0, 0.1) is 23.0 Å². The van der Waals surface area contributed by atoms with Crippen molar-refractivity contribution < 1.29 is 13.9 Å². The molecule has 0 spiro atoms. The van der Waals surface area contributed by atoms with Gasteiger partial charge in [0.05, 0.1) is 12.0 Å². The maximum absolute atomic E-state index is 13.1. The summed E-state index contributed by atoms with van der Waals surface area (Å²) in [4.78, 5) is 0. The van der Waals surface area contributed by atoms with Gasteiger partial charge in [0.1, 0.15) is 23.3 Å². The Morgan fingerprint density at radius 3 is 2.44 bits per heavy atom. The van der Waals surface area contributed by atoms with E-state index in [1.807, 2.05) is 0 Å². The van der Waals surface area contributed by atoms with E-state index in [-0.39, 0.29) is 18.1 Å². The largest absolute Gasteiger partial charge is 0.390 e. The Morgan fingerprint density at radius 2 is 2.00 bits per heavy atom. The van der Waals surface area contributed by atoms with Gasteiger partial charge in [-0.05, 0) is 12.1 Å². The molecular formula is C10H9ClF2N2O. The van der Waals surface area contributed by atoms with E-state index in [4.69, 9.17) is 22.0 Å². The fourth-order valence-corrected chi connectivity index (χ4v) is 1.18. The number of benzene rings is 1. The molecule has 2 N–H and O–H groups in total. The van der Waals surface area contributed by atoms with Crippen LogP contribution in [0.4, 0.5) is 14.5 Å². The monoisotopic (exact) mass is 246 g/mol. The summed E-state index contributed by atoms with van der Waals surface area (Å²) in [7, 11) is 0. The zero-order chi connectivity index (χ0) is 12.1. The summed E-state index contributed by atoms with van der Waals surface area (Å²) in [6, 6.07) is 3.40. The summed E-state index contributed by atoms with van der Waals surface area (Å²) < 4.78 is 26.3. The van der Waals surface area contributed by atoms with Crippen molar-refractivity contribution in [1.82, 2.24) is 0 Å². The maximum Gasteiger partial charge on any atom is 0.146 e. The predicted octanol–water partition coefficient (Wildman–Crippen LogP) is 1.85. The summed E-state index contributed by atoms with van der Waals surface area (Å²) in [6.07, 6.45) is -0.802. The van der Waals surface area contributed by atoms with Crippen LogP contribution in [0.5, 0.6) is 0 Å². The van der Waals surface area contributed by atoms with E-state index in [2.05, 4.69) is 5.32 Å². The molecule has 0 bridgehead atoms. The minimum atomic E-state index is -0.939. The lowest BCUT2D eigenvalue weighted by atomic mass is 10.2. The third-order valence-electron chi connectivity index (χ3n) is 1.87. The number of hydrogen-bond acceptors (Lipinski definition) is 3. The smallest absolute Gasteiger partial charge is 0.146 e. The summed E-state index contributed by atoms with van der Waals surface area (Å²) >= 11 is 5.35. The molecule has 0 aliphatic rings. The van der Waals surface area contributed by atoms with E-state index in [1.54, 1.807) is 0 Å². The molecule has 0 amide bonds. The Balaban J connectivity index is 2.81. The molecule has 0 aliphatic heterocycles. The summed E-state index contributed by atoms with van der Waals surface area (Å²) in [5, 5.41) is 20.2. The number of aliphatic hydroxyl groups is 1. The van der Waals surface area contributed by atoms with Crippen molar-refractivity contribution in [2.45, 2.75) is 6.10 Å². The van der Waals surface area contributed by atoms with Crippen LogP contribution in [-0.2, 0) is 0 Å². The van der Waals surface area contributed by atoms with Gasteiger partial charge in [-0.25, -0.2) is 8.78 Å². The second kappa shape index (κ2) is 5.64. The molecular weight excluding hydrogens is 238 g/mol. The number of halogens is 3. The highest BCUT2D eigenvalue weighted by Crippen LogP contribution is 2.18. The van der Waals surface area contributed by atoms with Gasteiger partial charge in [-0.1, -0.05) is 0 Å². The minimum absolute atomic E-state index is 0.0221. The summed E-state index contributed by atoms with van der Waals surface area (Å²) in [5.41, 5.74) is -0.471. The number of rotatable bonds is 4. The van der Waals surface area contributed by atoms with Crippen LogP contribution in [0.25, 0.3) is 0 Å². The molecule has 0 saturated carbocycles. The SMILES string of the molecule is N#Cc1c(F)cc(NCC(O)CCl)cc1F. The van der Waals surface area contributed by atoms with Crippen LogP contribution >= 0.6 is 11.6 Å². The third-order valence-corrected chi connectivity index (χ3v) is 2.23. The van der Waals surface area contributed by atoms with E-state index >= 15 is 0 Å². The predicted molar refractivity (Wildman–Crippen MR) is 56.3 cm³/mol. The Kier molecular flexibility index (Phi) is 4.47. The number of alkyl halides is 1. The van der Waals surface area contributed by atoms with Crippen molar-refractivity contribution in [3.05, 3.63) is 29.3 Å². The van der Waals surface area contributed by atoms with Gasteiger partial charge in [0, 0.05) is 12.2 Å². The summed E-state index contributed by atoms with van der Waals surface area (Å²) in [5.74, 6) is -1.86. The van der Waals surface area contributed by atoms with Gasteiger partial charge in [0.25, 0.3) is 0 Å². The first-order valence-corrected chi connectivity index (χ1v) is 4.99. The van der Waals surface area contributed by atoms with Crippen molar-refractivity contribution in [2.24, 2.45) is 0 Å². The highest BCUT2D eigenvalue weighted by atomic mass is 35.5. The van der Waals surface area contributed by atoms with Gasteiger partial charge in [-0.3, -0.25) is 0 Å². The zero-order valence-electron chi connectivity index (χ0n) is 8.17. The number of aliphatic hydroxyl groups excluding tert-OH is 1. The molecule has 3 nitrogen and oxygen atoms in total. The van der Waals surface area contributed by atoms with E-state index in [0.717, 1.165) is 12.1 Å². The highest BCUT2D eigenvalue weighted by molar-refractivity contribution is 6.18. The first kappa shape index (κ1) is 12.7. The second-order valence-electron chi connectivity index (χ2n) is 3.12. The molecule has 1 unspecified atom stereocenters. The van der Waals surface area contributed by atoms with Gasteiger partial charge in [-0.2, -0.15) is 5.26 Å². The molecule has 6 heteroatoms. The Labute approximate surface area is 96.3 Å². The Hall–Kier alpha value is -1.38. The molecule has 1 aromatic rings. The summed E-state index contributed by atoms with van der Waals surface area (Å²) in [6.45, 7) is 0.0777. The third kappa shape index (κ3) is 3.05. The molecule has 1 rings (SSSR count). The van der Waals surface area contributed by atoms with Crippen molar-refractivity contribution >= 4 is 17.3 Å². The van der Waals surface area contributed by atoms with Crippen LogP contribution in [0.15, 0.2) is 12.1 Å². The fourth-order valence-electron chi connectivity index (χ4n) is 1.07. The van der Waals surface area contributed by atoms with Crippen LogP contribution in [0.3, 0.4) is 0 Å². The molecule has 1 aromatic carbocycles. The first-order chi connectivity index (χ1) is 7.58. The van der Waals surface area contributed by atoms with Gasteiger partial charge in [0.2, 0.25) is 0 Å². The van der Waals surface area contributed by atoms with Gasteiger partial charge in [-0.15, -0.1) is 11.6 Å². The minimum Gasteiger partial charge on any atom is -0.390 e. The molecule has 86 valence electrons. The number of nitriles is 1. The average Bonchev–Trinajstić information content (AvgIpc) is 2.25. The lowest BCUT2D eigenvalue weighted by molar-refractivity contribution is 0.211. The molecule has 0 heterocycles.